The van der Waals surface area contributed by atoms with Crippen LogP contribution in [-0.4, -0.2) is 45.5 Å². The van der Waals surface area contributed by atoms with Gasteiger partial charge in [0.2, 0.25) is 5.91 Å². The molecule has 2 rings (SSSR count). The molecule has 4 N–H and O–H groups in total. The number of esters is 1. The quantitative estimate of drug-likeness (QED) is 0.137. The van der Waals surface area contributed by atoms with Crippen LogP contribution >= 0.6 is 7.60 Å². The van der Waals surface area contributed by atoms with Gasteiger partial charge in [-0.3, -0.25) is 9.36 Å². The summed E-state index contributed by atoms with van der Waals surface area (Å²) in [7, 11) is -3.58. The molecule has 9 heteroatoms. The van der Waals surface area contributed by atoms with Crippen molar-refractivity contribution >= 4 is 30.4 Å². The summed E-state index contributed by atoms with van der Waals surface area (Å²) in [4.78, 5) is 48.4. The number of H-pyrrole nitrogens is 1. The number of carbonyl (C=O) groups is 2. The summed E-state index contributed by atoms with van der Waals surface area (Å²) in [6.45, 7) is 8.14. The average molecular weight is 545 g/mol. The van der Waals surface area contributed by atoms with Crippen molar-refractivity contribution in [3.05, 3.63) is 71.0 Å². The van der Waals surface area contributed by atoms with Gasteiger partial charge < -0.3 is 24.8 Å². The fraction of sp³-hybridized carbons (Fsp3) is 0.448. The highest BCUT2D eigenvalue weighted by Crippen LogP contribution is 2.43. The lowest BCUT2D eigenvalue weighted by molar-refractivity contribution is -0.145. The van der Waals surface area contributed by atoms with Crippen molar-refractivity contribution in [1.82, 2.24) is 10.3 Å². The fourth-order valence-corrected chi connectivity index (χ4v) is 4.93. The summed E-state index contributed by atoms with van der Waals surface area (Å²) in [6.07, 6.45) is 11.3. The van der Waals surface area contributed by atoms with Gasteiger partial charge in [0.25, 0.3) is 0 Å². The van der Waals surface area contributed by atoms with Gasteiger partial charge in [0.1, 0.15) is 11.7 Å². The van der Waals surface area contributed by atoms with Gasteiger partial charge in [-0.15, -0.1) is 0 Å². The SMILES string of the molecule is COC(=O)C(Cc1c[nH]c2ccccc12)NC(=O)C(C/C=C(\C)CC/C=C(\C)CCC=C(C)C)P(=O)(O)O. The lowest BCUT2D eigenvalue weighted by atomic mass is 10.0. The Balaban J connectivity index is 2.06. The van der Waals surface area contributed by atoms with Crippen molar-refractivity contribution < 1.29 is 28.7 Å². The summed E-state index contributed by atoms with van der Waals surface area (Å²) in [5.41, 5.74) is 3.60. The number of aromatic amines is 1. The molecule has 2 unspecified atom stereocenters. The largest absolute Gasteiger partial charge is 0.467 e. The Labute approximate surface area is 225 Å². The van der Waals surface area contributed by atoms with E-state index in [2.05, 4.69) is 43.2 Å². The van der Waals surface area contributed by atoms with Gasteiger partial charge in [-0.25, -0.2) is 4.79 Å². The summed E-state index contributed by atoms with van der Waals surface area (Å²) in [5.74, 6) is -1.57. The number of benzene rings is 1. The number of aromatic nitrogens is 1. The topological polar surface area (TPSA) is 129 Å². The molecule has 8 nitrogen and oxygen atoms in total. The van der Waals surface area contributed by atoms with Gasteiger partial charge in [-0.2, -0.15) is 0 Å². The minimum atomic E-state index is -4.79. The predicted octanol–water partition coefficient (Wildman–Crippen LogP) is 5.72. The zero-order chi connectivity index (χ0) is 28.3. The third kappa shape index (κ3) is 10.1. The van der Waals surface area contributed by atoms with E-state index in [4.69, 9.17) is 4.74 Å². The molecule has 0 radical (unpaired) electrons. The molecule has 0 saturated carbocycles. The average Bonchev–Trinajstić information content (AvgIpc) is 3.25. The molecular formula is C29H41N2O6P. The highest BCUT2D eigenvalue weighted by Gasteiger charge is 2.37. The van der Waals surface area contributed by atoms with Crippen molar-refractivity contribution in [1.29, 1.82) is 0 Å². The monoisotopic (exact) mass is 544 g/mol. The molecular weight excluding hydrogens is 503 g/mol. The lowest BCUT2D eigenvalue weighted by Gasteiger charge is -2.21. The van der Waals surface area contributed by atoms with Crippen LogP contribution in [0.3, 0.4) is 0 Å². The van der Waals surface area contributed by atoms with Crippen LogP contribution in [0.5, 0.6) is 0 Å². The van der Waals surface area contributed by atoms with Crippen molar-refractivity contribution in [3.63, 3.8) is 0 Å². The fourth-order valence-electron chi connectivity index (χ4n) is 4.17. The molecule has 0 spiro atoms. The number of amides is 1. The Hall–Kier alpha value is -2.93. The van der Waals surface area contributed by atoms with E-state index in [0.717, 1.165) is 47.7 Å². The van der Waals surface area contributed by atoms with E-state index < -0.39 is 31.2 Å². The van der Waals surface area contributed by atoms with Crippen LogP contribution < -0.4 is 5.32 Å². The van der Waals surface area contributed by atoms with E-state index in [-0.39, 0.29) is 12.8 Å². The molecule has 0 saturated heterocycles. The smallest absolute Gasteiger partial charge is 0.338 e. The van der Waals surface area contributed by atoms with Gasteiger partial charge in [-0.1, -0.05) is 53.1 Å². The van der Waals surface area contributed by atoms with E-state index in [9.17, 15) is 23.9 Å². The molecule has 1 aromatic heterocycles. The molecule has 0 fully saturated rings. The Bertz CT molecular complexity index is 1230. The Morgan fingerprint density at radius 3 is 2.29 bits per heavy atom. The molecule has 38 heavy (non-hydrogen) atoms. The molecule has 0 aliphatic rings. The minimum Gasteiger partial charge on any atom is -0.467 e. The molecule has 0 aliphatic carbocycles. The minimum absolute atomic E-state index is 0.116. The van der Waals surface area contributed by atoms with Crippen molar-refractivity contribution in [2.45, 2.75) is 77.9 Å². The van der Waals surface area contributed by atoms with Gasteiger partial charge in [-0.05, 0) is 71.4 Å². The normalized spacial score (nSPS) is 14.2. The number of rotatable bonds is 14. The van der Waals surface area contributed by atoms with Crippen LogP contribution in [0.2, 0.25) is 0 Å². The molecule has 0 aliphatic heterocycles. The van der Waals surface area contributed by atoms with Crippen molar-refractivity contribution in [3.8, 4) is 0 Å². The maximum atomic E-state index is 13.0. The predicted molar refractivity (Wildman–Crippen MR) is 152 cm³/mol. The number of ether oxygens (including phenoxy) is 1. The van der Waals surface area contributed by atoms with Crippen LogP contribution in [0.25, 0.3) is 10.9 Å². The highest BCUT2D eigenvalue weighted by molar-refractivity contribution is 7.53. The van der Waals surface area contributed by atoms with Crippen molar-refractivity contribution in [2.24, 2.45) is 0 Å². The lowest BCUT2D eigenvalue weighted by Crippen LogP contribution is -2.47. The third-order valence-electron chi connectivity index (χ3n) is 6.42. The van der Waals surface area contributed by atoms with Crippen LogP contribution in [0, 0.1) is 0 Å². The zero-order valence-corrected chi connectivity index (χ0v) is 23.9. The molecule has 2 atom stereocenters. The van der Waals surface area contributed by atoms with E-state index in [0.29, 0.717) is 0 Å². The maximum absolute atomic E-state index is 13.0. The molecule has 1 amide bonds. The Morgan fingerprint density at radius 1 is 1.03 bits per heavy atom. The molecule has 1 heterocycles. The summed E-state index contributed by atoms with van der Waals surface area (Å²) < 4.78 is 17.1. The molecule has 2 aromatic rings. The van der Waals surface area contributed by atoms with Crippen LogP contribution in [-0.2, 0) is 25.3 Å². The summed E-state index contributed by atoms with van der Waals surface area (Å²) in [6, 6.07) is 6.44. The number of methoxy groups -OCH3 is 1. The maximum Gasteiger partial charge on any atom is 0.338 e. The Kier molecular flexibility index (Phi) is 12.2. The van der Waals surface area contributed by atoms with E-state index in [1.807, 2.05) is 31.2 Å². The zero-order valence-electron chi connectivity index (χ0n) is 23.0. The van der Waals surface area contributed by atoms with Gasteiger partial charge >= 0.3 is 13.6 Å². The molecule has 208 valence electrons. The van der Waals surface area contributed by atoms with E-state index >= 15 is 0 Å². The molecule has 0 bridgehead atoms. The first-order chi connectivity index (χ1) is 17.9. The van der Waals surface area contributed by atoms with Crippen LogP contribution in [0.15, 0.2) is 65.4 Å². The number of nitrogens with one attached hydrogen (secondary N) is 2. The standard InChI is InChI=1S/C29H41N2O6P/c1-20(2)10-8-11-21(3)12-9-13-22(4)16-17-27(38(34,35)36)28(32)31-26(29(33)37-5)18-23-19-30-25-15-7-6-14-24(23)25/h6-7,10,12,14-16,19,26-27,30H,8-9,11,13,17-18H2,1-5H3,(H,31,32)(H2,34,35,36)/b21-12+,22-16+. The Morgan fingerprint density at radius 2 is 1.66 bits per heavy atom. The second kappa shape index (κ2) is 14.9. The second-order valence-electron chi connectivity index (χ2n) is 9.95. The first-order valence-corrected chi connectivity index (χ1v) is 14.5. The molecule has 1 aromatic carbocycles. The van der Waals surface area contributed by atoms with Crippen molar-refractivity contribution in [2.75, 3.05) is 7.11 Å². The third-order valence-corrected chi connectivity index (χ3v) is 7.68. The number of carbonyl (C=O) groups excluding carboxylic acids is 2. The van der Waals surface area contributed by atoms with Gasteiger partial charge in [0, 0.05) is 23.5 Å². The number of allylic oxidation sites excluding steroid dienone is 6. The van der Waals surface area contributed by atoms with Gasteiger partial charge in [0.05, 0.1) is 7.11 Å². The van der Waals surface area contributed by atoms with Crippen LogP contribution in [0.1, 0.15) is 65.4 Å². The summed E-state index contributed by atoms with van der Waals surface area (Å²) >= 11 is 0. The number of fused-ring (bicyclic) bond motifs is 1. The van der Waals surface area contributed by atoms with Crippen LogP contribution in [0.4, 0.5) is 0 Å². The highest BCUT2D eigenvalue weighted by atomic mass is 31.2. The van der Waals surface area contributed by atoms with Gasteiger partial charge in [0.15, 0.2) is 0 Å². The number of hydrogen-bond donors (Lipinski definition) is 4. The number of para-hydroxylation sites is 1. The first-order valence-electron chi connectivity index (χ1n) is 12.9. The number of hydrogen-bond acceptors (Lipinski definition) is 4. The summed E-state index contributed by atoms with van der Waals surface area (Å²) in [5, 5.41) is 3.41. The van der Waals surface area contributed by atoms with E-state index in [1.54, 1.807) is 12.3 Å². The second-order valence-corrected chi connectivity index (χ2v) is 11.7. The first kappa shape index (κ1) is 31.3. The van der Waals surface area contributed by atoms with E-state index in [1.165, 1.54) is 18.3 Å².